The molecule has 2 N–H and O–H groups in total. The van der Waals surface area contributed by atoms with Gasteiger partial charge in [-0.2, -0.15) is 0 Å². The molecule has 2 aliphatic heterocycles. The van der Waals surface area contributed by atoms with Crippen LogP contribution in [0.5, 0.6) is 0 Å². The molecule has 0 spiro atoms. The lowest BCUT2D eigenvalue weighted by Gasteiger charge is -2.42. The highest BCUT2D eigenvalue weighted by Gasteiger charge is 2.30. The van der Waals surface area contributed by atoms with Gasteiger partial charge in [-0.05, 0) is 82.5 Å². The maximum absolute atomic E-state index is 13.0. The summed E-state index contributed by atoms with van der Waals surface area (Å²) in [4.78, 5) is 17.5. The van der Waals surface area contributed by atoms with Gasteiger partial charge in [0.15, 0.2) is 0 Å². The van der Waals surface area contributed by atoms with E-state index in [0.717, 1.165) is 63.0 Å². The fourth-order valence-electron chi connectivity index (χ4n) is 4.50. The minimum absolute atomic E-state index is 0.121. The number of aryl methyl sites for hydroxylation is 1. The molecule has 0 radical (unpaired) electrons. The molecule has 0 aliphatic carbocycles. The molecule has 2 heterocycles. The molecule has 5 nitrogen and oxygen atoms in total. The van der Waals surface area contributed by atoms with Gasteiger partial charge in [-0.1, -0.05) is 12.1 Å². The number of carbonyl (C=O) groups excluding carboxylic acids is 1. The van der Waals surface area contributed by atoms with Crippen molar-refractivity contribution in [3.05, 3.63) is 35.4 Å². The Labute approximate surface area is 169 Å². The van der Waals surface area contributed by atoms with Crippen LogP contribution in [0.3, 0.4) is 0 Å². The molecule has 1 amide bonds. The van der Waals surface area contributed by atoms with Crippen molar-refractivity contribution >= 4 is 5.91 Å². The largest absolute Gasteiger partial charge is 0.396 e. The SMILES string of the molecule is CC(C)(O)CCc1cccc(C(=O)N2CCC(N3CCC[C@@H](CO)C3)CC2)c1. The zero-order chi connectivity index (χ0) is 20.1. The van der Waals surface area contributed by atoms with Crippen LogP contribution in [-0.2, 0) is 6.42 Å². The average molecular weight is 389 g/mol. The summed E-state index contributed by atoms with van der Waals surface area (Å²) >= 11 is 0. The smallest absolute Gasteiger partial charge is 0.253 e. The van der Waals surface area contributed by atoms with Crippen LogP contribution in [0.1, 0.15) is 61.9 Å². The molecule has 0 unspecified atom stereocenters. The highest BCUT2D eigenvalue weighted by atomic mass is 16.3. The van der Waals surface area contributed by atoms with Crippen molar-refractivity contribution in [1.29, 1.82) is 0 Å². The molecule has 2 saturated heterocycles. The van der Waals surface area contributed by atoms with Crippen LogP contribution in [-0.4, -0.2) is 70.3 Å². The lowest BCUT2D eigenvalue weighted by molar-refractivity contribution is 0.0455. The summed E-state index contributed by atoms with van der Waals surface area (Å²) in [7, 11) is 0. The molecule has 5 heteroatoms. The number of hydrogen-bond donors (Lipinski definition) is 2. The standard InChI is InChI=1S/C23H36N2O3/c1-23(2,28)11-8-18-5-3-7-20(15-18)22(27)24-13-9-21(10-14-24)25-12-4-6-19(16-25)17-26/h3,5,7,15,19,21,26,28H,4,6,8-14,16-17H2,1-2H3/t19-/m1/s1. The Balaban J connectivity index is 1.53. The van der Waals surface area contributed by atoms with Crippen molar-refractivity contribution in [3.63, 3.8) is 0 Å². The first-order valence-corrected chi connectivity index (χ1v) is 10.8. The molecule has 0 aromatic heterocycles. The fourth-order valence-corrected chi connectivity index (χ4v) is 4.50. The van der Waals surface area contributed by atoms with Crippen molar-refractivity contribution < 1.29 is 15.0 Å². The lowest BCUT2D eigenvalue weighted by atomic mass is 9.94. The highest BCUT2D eigenvalue weighted by Crippen LogP contribution is 2.24. The van der Waals surface area contributed by atoms with Crippen molar-refractivity contribution in [1.82, 2.24) is 9.80 Å². The maximum atomic E-state index is 13.0. The number of hydrogen-bond acceptors (Lipinski definition) is 4. The van der Waals surface area contributed by atoms with Crippen molar-refractivity contribution in [2.45, 2.75) is 64.0 Å². The van der Waals surface area contributed by atoms with Gasteiger partial charge < -0.3 is 15.1 Å². The topological polar surface area (TPSA) is 64.0 Å². The summed E-state index contributed by atoms with van der Waals surface area (Å²) in [6.07, 6.45) is 5.79. The van der Waals surface area contributed by atoms with Crippen molar-refractivity contribution in [2.24, 2.45) is 5.92 Å². The molecule has 1 aromatic rings. The van der Waals surface area contributed by atoms with Crippen LogP contribution < -0.4 is 0 Å². The summed E-state index contributed by atoms with van der Waals surface area (Å²) in [6, 6.07) is 8.40. The van der Waals surface area contributed by atoms with Crippen LogP contribution in [0, 0.1) is 5.92 Å². The molecule has 3 rings (SSSR count). The van der Waals surface area contributed by atoms with E-state index in [1.165, 1.54) is 6.42 Å². The van der Waals surface area contributed by atoms with Crippen LogP contribution in [0.2, 0.25) is 0 Å². The molecule has 2 aliphatic rings. The number of aliphatic hydroxyl groups is 2. The molecule has 1 atom stereocenters. The van der Waals surface area contributed by atoms with E-state index >= 15 is 0 Å². The average Bonchev–Trinajstić information content (AvgIpc) is 2.71. The number of piperidine rings is 2. The van der Waals surface area contributed by atoms with Gasteiger partial charge in [-0.3, -0.25) is 9.69 Å². The summed E-state index contributed by atoms with van der Waals surface area (Å²) in [5, 5.41) is 19.4. The van der Waals surface area contributed by atoms with Gasteiger partial charge in [0.05, 0.1) is 5.60 Å². The van der Waals surface area contributed by atoms with E-state index in [4.69, 9.17) is 0 Å². The van der Waals surface area contributed by atoms with Gasteiger partial charge in [0, 0.05) is 37.8 Å². The Kier molecular flexibility index (Phi) is 7.13. The Morgan fingerprint density at radius 3 is 2.61 bits per heavy atom. The fraction of sp³-hybridized carbons (Fsp3) is 0.696. The summed E-state index contributed by atoms with van der Waals surface area (Å²) in [5.74, 6) is 0.537. The minimum Gasteiger partial charge on any atom is -0.396 e. The van der Waals surface area contributed by atoms with Crippen LogP contribution in [0.4, 0.5) is 0 Å². The van der Waals surface area contributed by atoms with Crippen molar-refractivity contribution in [3.8, 4) is 0 Å². The van der Waals surface area contributed by atoms with E-state index in [2.05, 4.69) is 4.90 Å². The summed E-state index contributed by atoms with van der Waals surface area (Å²) in [5.41, 5.74) is 1.17. The van der Waals surface area contributed by atoms with Crippen molar-refractivity contribution in [2.75, 3.05) is 32.8 Å². The predicted octanol–water partition coefficient (Wildman–Crippen LogP) is 2.70. The number of likely N-dealkylation sites (tertiary alicyclic amines) is 2. The molecule has 0 saturated carbocycles. The Bertz CT molecular complexity index is 647. The highest BCUT2D eigenvalue weighted by molar-refractivity contribution is 5.94. The normalized spacial score (nSPS) is 22.4. The first-order valence-electron chi connectivity index (χ1n) is 10.8. The third-order valence-corrected chi connectivity index (χ3v) is 6.28. The predicted molar refractivity (Wildman–Crippen MR) is 111 cm³/mol. The van der Waals surface area contributed by atoms with Gasteiger partial charge in [-0.15, -0.1) is 0 Å². The lowest BCUT2D eigenvalue weighted by Crippen LogP contribution is -2.50. The number of amides is 1. The molecular weight excluding hydrogens is 352 g/mol. The first-order chi connectivity index (χ1) is 13.4. The maximum Gasteiger partial charge on any atom is 0.253 e. The minimum atomic E-state index is -0.689. The zero-order valence-electron chi connectivity index (χ0n) is 17.4. The van der Waals surface area contributed by atoms with E-state index in [1.54, 1.807) is 0 Å². The van der Waals surface area contributed by atoms with Gasteiger partial charge in [-0.25, -0.2) is 0 Å². The molecule has 2 fully saturated rings. The Morgan fingerprint density at radius 2 is 1.93 bits per heavy atom. The number of nitrogens with zero attached hydrogens (tertiary/aromatic N) is 2. The van der Waals surface area contributed by atoms with Crippen LogP contribution in [0.25, 0.3) is 0 Å². The Hall–Kier alpha value is -1.43. The molecule has 0 bridgehead atoms. The first kappa shape index (κ1) is 21.3. The van der Waals surface area contributed by atoms with E-state index in [1.807, 2.05) is 43.0 Å². The van der Waals surface area contributed by atoms with Crippen LogP contribution in [0.15, 0.2) is 24.3 Å². The molecule has 1 aromatic carbocycles. The number of carbonyl (C=O) groups is 1. The summed E-state index contributed by atoms with van der Waals surface area (Å²) < 4.78 is 0. The molecule has 156 valence electrons. The zero-order valence-corrected chi connectivity index (χ0v) is 17.4. The molecular formula is C23H36N2O3. The number of aliphatic hydroxyl groups excluding tert-OH is 1. The monoisotopic (exact) mass is 388 g/mol. The number of benzene rings is 1. The molecule has 28 heavy (non-hydrogen) atoms. The third-order valence-electron chi connectivity index (χ3n) is 6.28. The van der Waals surface area contributed by atoms with Gasteiger partial charge in [0.2, 0.25) is 0 Å². The van der Waals surface area contributed by atoms with E-state index < -0.39 is 5.60 Å². The van der Waals surface area contributed by atoms with Crippen LogP contribution >= 0.6 is 0 Å². The second kappa shape index (κ2) is 9.38. The second-order valence-corrected chi connectivity index (χ2v) is 9.22. The number of rotatable bonds is 6. The van der Waals surface area contributed by atoms with Gasteiger partial charge in [0.25, 0.3) is 5.91 Å². The third kappa shape index (κ3) is 5.79. The van der Waals surface area contributed by atoms with E-state index in [-0.39, 0.29) is 12.5 Å². The summed E-state index contributed by atoms with van der Waals surface area (Å²) in [6.45, 7) is 7.65. The van der Waals surface area contributed by atoms with Gasteiger partial charge in [0.1, 0.15) is 0 Å². The Morgan fingerprint density at radius 1 is 1.18 bits per heavy atom. The second-order valence-electron chi connectivity index (χ2n) is 9.22. The quantitative estimate of drug-likeness (QED) is 0.786. The van der Waals surface area contributed by atoms with E-state index in [9.17, 15) is 15.0 Å². The van der Waals surface area contributed by atoms with E-state index in [0.29, 0.717) is 18.4 Å². The van der Waals surface area contributed by atoms with Gasteiger partial charge >= 0.3 is 0 Å².